The molecule has 0 atom stereocenters. The lowest BCUT2D eigenvalue weighted by Crippen LogP contribution is -2.36. The molecule has 0 bridgehead atoms. The number of hydrogen-bond acceptors (Lipinski definition) is 5. The maximum absolute atomic E-state index is 12.7. The summed E-state index contributed by atoms with van der Waals surface area (Å²) in [6, 6.07) is 3.70. The maximum atomic E-state index is 12.7. The van der Waals surface area contributed by atoms with Crippen molar-refractivity contribution in [2.24, 2.45) is 0 Å². The molecule has 24 heavy (non-hydrogen) atoms. The fraction of sp³-hybridized carbons (Fsp3) is 0.500. The predicted octanol–water partition coefficient (Wildman–Crippen LogP) is 3.38. The van der Waals surface area contributed by atoms with E-state index in [1.165, 1.54) is 11.3 Å². The van der Waals surface area contributed by atoms with E-state index < -0.39 is 0 Å². The first-order chi connectivity index (χ1) is 11.8. The minimum absolute atomic E-state index is 0.0906. The number of aryl methyl sites for hydroxylation is 1. The van der Waals surface area contributed by atoms with Crippen LogP contribution in [0.4, 0.5) is 5.82 Å². The number of rotatable bonds is 6. The van der Waals surface area contributed by atoms with Crippen LogP contribution in [0, 0.1) is 0 Å². The first-order valence-electron chi connectivity index (χ1n) is 8.69. The Morgan fingerprint density at radius 3 is 2.88 bits per heavy atom. The number of hydrogen-bond donors (Lipinski definition) is 1. The van der Waals surface area contributed by atoms with Crippen LogP contribution in [0.2, 0.25) is 0 Å². The second-order valence-corrected chi connectivity index (χ2v) is 7.20. The van der Waals surface area contributed by atoms with Crippen molar-refractivity contribution in [2.75, 3.05) is 25.0 Å². The molecule has 1 fully saturated rings. The molecule has 1 amide bonds. The summed E-state index contributed by atoms with van der Waals surface area (Å²) in [7, 11) is 0. The number of anilines is 1. The van der Waals surface area contributed by atoms with E-state index in [1.807, 2.05) is 23.2 Å². The highest BCUT2D eigenvalue weighted by atomic mass is 32.1. The Labute approximate surface area is 147 Å². The van der Waals surface area contributed by atoms with Crippen LogP contribution in [0.5, 0.6) is 0 Å². The number of aromatic nitrogens is 2. The Morgan fingerprint density at radius 1 is 1.29 bits per heavy atom. The second-order valence-electron chi connectivity index (χ2n) is 6.00. The van der Waals surface area contributed by atoms with E-state index in [0.29, 0.717) is 11.4 Å². The quantitative estimate of drug-likeness (QED) is 0.873. The zero-order chi connectivity index (χ0) is 16.8. The van der Waals surface area contributed by atoms with Gasteiger partial charge >= 0.3 is 0 Å². The van der Waals surface area contributed by atoms with Crippen LogP contribution in [0.15, 0.2) is 24.5 Å². The lowest BCUT2D eigenvalue weighted by Gasteiger charge is -2.27. The van der Waals surface area contributed by atoms with Gasteiger partial charge in [-0.1, -0.05) is 6.92 Å². The molecule has 2 aromatic heterocycles. The molecule has 0 radical (unpaired) electrons. The number of carbonyl (C=O) groups excluding carboxylic acids is 1. The van der Waals surface area contributed by atoms with Gasteiger partial charge < -0.3 is 10.2 Å². The molecule has 128 valence electrons. The van der Waals surface area contributed by atoms with Crippen LogP contribution >= 0.6 is 11.3 Å². The molecule has 3 rings (SSSR count). The molecule has 2 aromatic rings. The fourth-order valence-electron chi connectivity index (χ4n) is 2.90. The van der Waals surface area contributed by atoms with Crippen LogP contribution < -0.4 is 5.32 Å². The summed E-state index contributed by atoms with van der Waals surface area (Å²) in [5.74, 6) is 0.771. The van der Waals surface area contributed by atoms with E-state index in [4.69, 9.17) is 0 Å². The highest BCUT2D eigenvalue weighted by molar-refractivity contribution is 7.11. The van der Waals surface area contributed by atoms with Crippen LogP contribution in [-0.2, 0) is 12.8 Å². The summed E-state index contributed by atoms with van der Waals surface area (Å²) in [4.78, 5) is 24.8. The number of nitrogens with one attached hydrogen (secondary N) is 1. The molecule has 0 saturated carbocycles. The lowest BCUT2D eigenvalue weighted by atomic mass is 10.1. The Hall–Kier alpha value is -1.95. The zero-order valence-corrected chi connectivity index (χ0v) is 14.9. The summed E-state index contributed by atoms with van der Waals surface area (Å²) in [5.41, 5.74) is 0.674. The van der Waals surface area contributed by atoms with Gasteiger partial charge in [0.1, 0.15) is 5.82 Å². The topological polar surface area (TPSA) is 58.1 Å². The van der Waals surface area contributed by atoms with Crippen LogP contribution in [0.25, 0.3) is 0 Å². The molecular weight excluding hydrogens is 320 g/mol. The largest absolute Gasteiger partial charge is 0.369 e. The third-order valence-corrected chi connectivity index (χ3v) is 5.46. The summed E-state index contributed by atoms with van der Waals surface area (Å²) in [5, 5.41) is 4.44. The predicted molar refractivity (Wildman–Crippen MR) is 97.7 cm³/mol. The van der Waals surface area contributed by atoms with Crippen molar-refractivity contribution in [1.82, 2.24) is 14.9 Å². The van der Waals surface area contributed by atoms with Gasteiger partial charge in [0.15, 0.2) is 0 Å². The minimum atomic E-state index is 0.0906. The molecule has 5 nitrogen and oxygen atoms in total. The monoisotopic (exact) mass is 344 g/mol. The van der Waals surface area contributed by atoms with E-state index in [9.17, 15) is 4.79 Å². The molecule has 6 heteroatoms. The number of thiazole rings is 1. The van der Waals surface area contributed by atoms with Crippen molar-refractivity contribution >= 4 is 23.1 Å². The first-order valence-corrected chi connectivity index (χ1v) is 9.51. The second kappa shape index (κ2) is 8.24. The van der Waals surface area contributed by atoms with E-state index in [1.54, 1.807) is 17.5 Å². The van der Waals surface area contributed by atoms with E-state index in [2.05, 4.69) is 22.2 Å². The molecule has 0 unspecified atom stereocenters. The van der Waals surface area contributed by atoms with E-state index in [0.717, 1.165) is 50.3 Å². The number of carbonyl (C=O) groups is 1. The number of likely N-dealkylation sites (tertiary alicyclic amines) is 1. The zero-order valence-electron chi connectivity index (χ0n) is 14.1. The van der Waals surface area contributed by atoms with Gasteiger partial charge in [0.2, 0.25) is 0 Å². The van der Waals surface area contributed by atoms with E-state index in [-0.39, 0.29) is 5.91 Å². The summed E-state index contributed by atoms with van der Waals surface area (Å²) < 4.78 is 0. The van der Waals surface area contributed by atoms with Gasteiger partial charge in [-0.2, -0.15) is 0 Å². The Morgan fingerprint density at radius 2 is 2.12 bits per heavy atom. The molecular formula is C18H24N4OS. The first kappa shape index (κ1) is 16.9. The Bertz CT molecular complexity index is 679. The molecule has 0 aliphatic carbocycles. The third kappa shape index (κ3) is 4.12. The SMILES string of the molecule is CCc1cnc(CCNc2ncccc2C(=O)N2CCCCC2)s1. The highest BCUT2D eigenvalue weighted by Gasteiger charge is 2.21. The number of amides is 1. The molecule has 3 heterocycles. The van der Waals surface area contributed by atoms with Gasteiger partial charge in [-0.15, -0.1) is 11.3 Å². The minimum Gasteiger partial charge on any atom is -0.369 e. The standard InChI is InChI=1S/C18H24N4OS/c1-2-14-13-21-16(24-14)8-10-20-17-15(7-6-9-19-17)18(23)22-11-4-3-5-12-22/h6-7,9,13H,2-5,8,10-12H2,1H3,(H,19,20). The highest BCUT2D eigenvalue weighted by Crippen LogP contribution is 2.19. The van der Waals surface area contributed by atoms with Gasteiger partial charge in [-0.05, 0) is 37.8 Å². The van der Waals surface area contributed by atoms with Gasteiger partial charge in [-0.25, -0.2) is 9.97 Å². The average Bonchev–Trinajstić information content (AvgIpc) is 3.10. The van der Waals surface area contributed by atoms with Crippen molar-refractivity contribution in [3.8, 4) is 0 Å². The fourth-order valence-corrected chi connectivity index (χ4v) is 3.76. The molecule has 0 spiro atoms. The van der Waals surface area contributed by atoms with E-state index >= 15 is 0 Å². The molecule has 1 N–H and O–H groups in total. The number of piperidine rings is 1. The normalized spacial score (nSPS) is 14.6. The molecule has 0 aromatic carbocycles. The maximum Gasteiger partial charge on any atom is 0.257 e. The smallest absolute Gasteiger partial charge is 0.257 e. The van der Waals surface area contributed by atoms with Crippen molar-refractivity contribution in [2.45, 2.75) is 39.0 Å². The summed E-state index contributed by atoms with van der Waals surface area (Å²) >= 11 is 1.75. The molecule has 1 aliphatic heterocycles. The molecule has 1 saturated heterocycles. The Kier molecular flexibility index (Phi) is 5.80. The van der Waals surface area contributed by atoms with Crippen molar-refractivity contribution in [1.29, 1.82) is 0 Å². The Balaban J connectivity index is 1.62. The third-order valence-electron chi connectivity index (χ3n) is 4.26. The summed E-state index contributed by atoms with van der Waals surface area (Å²) in [6.07, 6.45) is 8.96. The van der Waals surface area contributed by atoms with Crippen molar-refractivity contribution in [3.63, 3.8) is 0 Å². The van der Waals surface area contributed by atoms with Crippen molar-refractivity contribution in [3.05, 3.63) is 40.0 Å². The van der Waals surface area contributed by atoms with Gasteiger partial charge in [0.05, 0.1) is 10.6 Å². The number of pyridine rings is 1. The molecule has 1 aliphatic rings. The lowest BCUT2D eigenvalue weighted by molar-refractivity contribution is 0.0725. The van der Waals surface area contributed by atoms with Crippen LogP contribution in [-0.4, -0.2) is 40.4 Å². The van der Waals surface area contributed by atoms with Gasteiger partial charge in [0, 0.05) is 43.3 Å². The average molecular weight is 344 g/mol. The van der Waals surface area contributed by atoms with Gasteiger partial charge in [0.25, 0.3) is 5.91 Å². The van der Waals surface area contributed by atoms with Crippen LogP contribution in [0.1, 0.15) is 46.4 Å². The van der Waals surface area contributed by atoms with Crippen LogP contribution in [0.3, 0.4) is 0 Å². The number of nitrogens with zero attached hydrogens (tertiary/aromatic N) is 3. The van der Waals surface area contributed by atoms with Gasteiger partial charge in [-0.3, -0.25) is 4.79 Å². The van der Waals surface area contributed by atoms with Crippen molar-refractivity contribution < 1.29 is 4.79 Å². The summed E-state index contributed by atoms with van der Waals surface area (Å²) in [6.45, 7) is 4.58.